The zero-order chi connectivity index (χ0) is 15.3. The molecule has 1 aromatic rings. The van der Waals surface area contributed by atoms with E-state index in [1.54, 1.807) is 14.0 Å². The molecule has 0 spiro atoms. The minimum Gasteiger partial charge on any atom is -0.383 e. The van der Waals surface area contributed by atoms with Gasteiger partial charge in [-0.05, 0) is 12.5 Å². The fourth-order valence-corrected chi connectivity index (χ4v) is 2.63. The molecule has 1 aliphatic rings. The second kappa shape index (κ2) is 7.02. The van der Waals surface area contributed by atoms with E-state index in [0.29, 0.717) is 0 Å². The van der Waals surface area contributed by atoms with Crippen molar-refractivity contribution < 1.29 is 9.53 Å². The number of carbonyl (C=O) groups excluding carboxylic acids is 1. The molecule has 0 saturated carbocycles. The van der Waals surface area contributed by atoms with Gasteiger partial charge in [0, 0.05) is 39.8 Å². The van der Waals surface area contributed by atoms with Crippen molar-refractivity contribution in [1.82, 2.24) is 9.80 Å². The Labute approximate surface area is 126 Å². The quantitative estimate of drug-likeness (QED) is 0.865. The number of hydrogen-bond acceptors (Lipinski definition) is 4. The van der Waals surface area contributed by atoms with E-state index in [-0.39, 0.29) is 5.91 Å². The summed E-state index contributed by atoms with van der Waals surface area (Å²) in [7, 11) is 1.71. The van der Waals surface area contributed by atoms with Crippen molar-refractivity contribution in [3.05, 3.63) is 35.9 Å². The predicted molar refractivity (Wildman–Crippen MR) is 82.9 cm³/mol. The van der Waals surface area contributed by atoms with Gasteiger partial charge >= 0.3 is 0 Å². The number of piperazine rings is 1. The lowest BCUT2D eigenvalue weighted by molar-refractivity contribution is -0.138. The molecule has 21 heavy (non-hydrogen) atoms. The first-order chi connectivity index (χ1) is 10.1. The Morgan fingerprint density at radius 1 is 1.24 bits per heavy atom. The molecule has 1 atom stereocenters. The lowest BCUT2D eigenvalue weighted by Gasteiger charge is -2.38. The van der Waals surface area contributed by atoms with E-state index < -0.39 is 5.54 Å². The van der Waals surface area contributed by atoms with Crippen LogP contribution in [0.5, 0.6) is 0 Å². The number of nitrogens with two attached hydrogens (primary N) is 1. The van der Waals surface area contributed by atoms with Gasteiger partial charge in [-0.1, -0.05) is 30.3 Å². The summed E-state index contributed by atoms with van der Waals surface area (Å²) >= 11 is 0. The maximum atomic E-state index is 12.7. The second-order valence-corrected chi connectivity index (χ2v) is 5.70. The maximum absolute atomic E-state index is 12.7. The first-order valence-electron chi connectivity index (χ1n) is 7.41. The number of amides is 1. The largest absolute Gasteiger partial charge is 0.383 e. The number of methoxy groups -OCH3 is 1. The Kier molecular flexibility index (Phi) is 5.33. The van der Waals surface area contributed by atoms with Crippen LogP contribution >= 0.6 is 0 Å². The Morgan fingerprint density at radius 2 is 1.86 bits per heavy atom. The van der Waals surface area contributed by atoms with Crippen LogP contribution in [-0.2, 0) is 15.1 Å². The van der Waals surface area contributed by atoms with Crippen LogP contribution < -0.4 is 5.73 Å². The van der Waals surface area contributed by atoms with Gasteiger partial charge in [-0.25, -0.2) is 0 Å². The smallest absolute Gasteiger partial charge is 0.247 e. The van der Waals surface area contributed by atoms with E-state index in [2.05, 4.69) is 4.90 Å². The van der Waals surface area contributed by atoms with Crippen LogP contribution in [0.15, 0.2) is 30.3 Å². The fraction of sp³-hybridized carbons (Fsp3) is 0.562. The van der Waals surface area contributed by atoms with Crippen LogP contribution in [0, 0.1) is 0 Å². The zero-order valence-electron chi connectivity index (χ0n) is 12.9. The van der Waals surface area contributed by atoms with Crippen molar-refractivity contribution in [3.8, 4) is 0 Å². The van der Waals surface area contributed by atoms with Gasteiger partial charge in [0.2, 0.25) is 5.91 Å². The first-order valence-corrected chi connectivity index (χ1v) is 7.41. The number of benzene rings is 1. The van der Waals surface area contributed by atoms with Gasteiger partial charge in [-0.15, -0.1) is 0 Å². The summed E-state index contributed by atoms with van der Waals surface area (Å²) in [4.78, 5) is 16.9. The summed E-state index contributed by atoms with van der Waals surface area (Å²) in [5.74, 6) is 0.0000847. The van der Waals surface area contributed by atoms with Crippen molar-refractivity contribution in [2.75, 3.05) is 46.4 Å². The van der Waals surface area contributed by atoms with E-state index in [9.17, 15) is 4.79 Å². The standard InChI is InChI=1S/C16H25N3O2/c1-16(17,14-6-4-3-5-7-14)15(20)19-10-8-18(9-11-19)12-13-21-2/h3-7H,8-13,17H2,1-2H3. The van der Waals surface area contributed by atoms with E-state index in [4.69, 9.17) is 10.5 Å². The minimum atomic E-state index is -0.962. The minimum absolute atomic E-state index is 0.0000847. The van der Waals surface area contributed by atoms with Crippen LogP contribution in [0.25, 0.3) is 0 Å². The van der Waals surface area contributed by atoms with Crippen LogP contribution in [0.1, 0.15) is 12.5 Å². The number of hydrogen-bond donors (Lipinski definition) is 1. The van der Waals surface area contributed by atoms with Gasteiger partial charge in [-0.2, -0.15) is 0 Å². The van der Waals surface area contributed by atoms with E-state index >= 15 is 0 Å². The van der Waals surface area contributed by atoms with Crippen LogP contribution in [0.2, 0.25) is 0 Å². The number of ether oxygens (including phenoxy) is 1. The van der Waals surface area contributed by atoms with E-state index in [1.807, 2.05) is 35.2 Å². The van der Waals surface area contributed by atoms with Gasteiger partial charge in [0.1, 0.15) is 5.54 Å². The van der Waals surface area contributed by atoms with Gasteiger partial charge in [-0.3, -0.25) is 9.69 Å². The average molecular weight is 291 g/mol. The lowest BCUT2D eigenvalue weighted by atomic mass is 9.91. The molecule has 0 radical (unpaired) electrons. The Hall–Kier alpha value is -1.43. The monoisotopic (exact) mass is 291 g/mol. The third kappa shape index (κ3) is 3.81. The van der Waals surface area contributed by atoms with Crippen LogP contribution in [-0.4, -0.2) is 62.1 Å². The lowest BCUT2D eigenvalue weighted by Crippen LogP contribution is -2.57. The maximum Gasteiger partial charge on any atom is 0.247 e. The highest BCUT2D eigenvalue weighted by Crippen LogP contribution is 2.21. The summed E-state index contributed by atoms with van der Waals surface area (Å²) in [6.07, 6.45) is 0. The molecule has 1 saturated heterocycles. The number of rotatable bonds is 5. The zero-order valence-corrected chi connectivity index (χ0v) is 12.9. The summed E-state index contributed by atoms with van der Waals surface area (Å²) < 4.78 is 5.09. The molecule has 0 bridgehead atoms. The molecule has 5 heteroatoms. The molecular weight excluding hydrogens is 266 g/mol. The summed E-state index contributed by atoms with van der Waals surface area (Å²) in [5.41, 5.74) is 6.20. The summed E-state index contributed by atoms with van der Waals surface area (Å²) in [5, 5.41) is 0. The molecule has 1 fully saturated rings. The van der Waals surface area contributed by atoms with Crippen LogP contribution in [0.4, 0.5) is 0 Å². The van der Waals surface area contributed by atoms with Crippen molar-refractivity contribution in [3.63, 3.8) is 0 Å². The molecule has 0 aromatic heterocycles. The molecule has 1 amide bonds. The van der Waals surface area contributed by atoms with E-state index in [0.717, 1.165) is 44.9 Å². The van der Waals surface area contributed by atoms with E-state index in [1.165, 1.54) is 0 Å². The van der Waals surface area contributed by atoms with Crippen molar-refractivity contribution in [2.45, 2.75) is 12.5 Å². The van der Waals surface area contributed by atoms with Gasteiger partial charge in [0.25, 0.3) is 0 Å². The average Bonchev–Trinajstić information content (AvgIpc) is 2.53. The van der Waals surface area contributed by atoms with Gasteiger partial charge < -0.3 is 15.4 Å². The second-order valence-electron chi connectivity index (χ2n) is 5.70. The highest BCUT2D eigenvalue weighted by Gasteiger charge is 2.35. The van der Waals surface area contributed by atoms with Crippen molar-refractivity contribution in [2.24, 2.45) is 5.73 Å². The molecule has 5 nitrogen and oxygen atoms in total. The Balaban J connectivity index is 1.95. The van der Waals surface area contributed by atoms with Crippen molar-refractivity contribution >= 4 is 5.91 Å². The van der Waals surface area contributed by atoms with Crippen molar-refractivity contribution in [1.29, 1.82) is 0 Å². The summed E-state index contributed by atoms with van der Waals surface area (Å²) in [6.45, 7) is 6.63. The molecule has 2 N–H and O–H groups in total. The molecule has 1 aliphatic heterocycles. The molecular formula is C16H25N3O2. The van der Waals surface area contributed by atoms with Gasteiger partial charge in [0.15, 0.2) is 0 Å². The Bertz CT molecular complexity index is 454. The molecule has 0 aliphatic carbocycles. The normalized spacial score (nSPS) is 19.3. The molecule has 1 aromatic carbocycles. The SMILES string of the molecule is COCCN1CCN(C(=O)C(C)(N)c2ccccc2)CC1. The molecule has 1 heterocycles. The summed E-state index contributed by atoms with van der Waals surface area (Å²) in [6, 6.07) is 9.57. The molecule has 116 valence electrons. The first kappa shape index (κ1) is 15.9. The molecule has 2 rings (SSSR count). The number of carbonyl (C=O) groups is 1. The topological polar surface area (TPSA) is 58.8 Å². The highest BCUT2D eigenvalue weighted by atomic mass is 16.5. The third-order valence-electron chi connectivity index (χ3n) is 4.09. The predicted octanol–water partition coefficient (Wildman–Crippen LogP) is 0.651. The highest BCUT2D eigenvalue weighted by molar-refractivity contribution is 5.87. The van der Waals surface area contributed by atoms with Gasteiger partial charge in [0.05, 0.1) is 6.61 Å². The fourth-order valence-electron chi connectivity index (χ4n) is 2.63. The Morgan fingerprint density at radius 3 is 2.43 bits per heavy atom. The van der Waals surface area contributed by atoms with Crippen LogP contribution in [0.3, 0.4) is 0 Å². The third-order valence-corrected chi connectivity index (χ3v) is 4.09. The molecule has 1 unspecified atom stereocenters. The number of nitrogens with zero attached hydrogens (tertiary/aromatic N) is 2.